The molecule has 1 aromatic rings. The fourth-order valence-electron chi connectivity index (χ4n) is 1.42. The summed E-state index contributed by atoms with van der Waals surface area (Å²) in [6, 6.07) is 4.75. The number of nitrogens with one attached hydrogen (secondary N) is 2. The Hall–Kier alpha value is -2.17. The first kappa shape index (κ1) is 12.9. The van der Waals surface area contributed by atoms with E-state index >= 15 is 0 Å². The highest BCUT2D eigenvalue weighted by atomic mass is 16.2. The van der Waals surface area contributed by atoms with Crippen LogP contribution < -0.4 is 10.6 Å². The highest BCUT2D eigenvalue weighted by Crippen LogP contribution is 2.21. The summed E-state index contributed by atoms with van der Waals surface area (Å²) in [4.78, 5) is 33.3. The molecular formula is C12H14N2O3. The second-order valence-electron chi connectivity index (χ2n) is 3.68. The second kappa shape index (κ2) is 5.25. The van der Waals surface area contributed by atoms with Gasteiger partial charge in [0.25, 0.3) is 0 Å². The maximum atomic E-state index is 11.4. The highest BCUT2D eigenvalue weighted by Gasteiger charge is 2.10. The van der Waals surface area contributed by atoms with Crippen LogP contribution in [0.2, 0.25) is 0 Å². The van der Waals surface area contributed by atoms with Gasteiger partial charge in [-0.25, -0.2) is 0 Å². The number of carbonyl (C=O) groups is 3. The van der Waals surface area contributed by atoms with Gasteiger partial charge >= 0.3 is 0 Å². The summed E-state index contributed by atoms with van der Waals surface area (Å²) in [5.41, 5.74) is 1.34. The van der Waals surface area contributed by atoms with Gasteiger partial charge in [0.1, 0.15) is 0 Å². The van der Waals surface area contributed by atoms with E-state index in [0.717, 1.165) is 0 Å². The molecule has 0 heterocycles. The van der Waals surface area contributed by atoms with Crippen molar-refractivity contribution in [2.45, 2.75) is 20.8 Å². The maximum Gasteiger partial charge on any atom is 0.221 e. The average molecular weight is 234 g/mol. The first-order valence-corrected chi connectivity index (χ1v) is 5.10. The van der Waals surface area contributed by atoms with Crippen molar-refractivity contribution in [2.24, 2.45) is 0 Å². The number of rotatable bonds is 3. The molecule has 5 nitrogen and oxygen atoms in total. The Balaban J connectivity index is 3.12. The number of anilines is 2. The maximum absolute atomic E-state index is 11.4. The van der Waals surface area contributed by atoms with Crippen molar-refractivity contribution >= 4 is 29.0 Å². The molecule has 0 bridgehead atoms. The molecule has 0 saturated carbocycles. The first-order valence-electron chi connectivity index (χ1n) is 5.10. The summed E-state index contributed by atoms with van der Waals surface area (Å²) >= 11 is 0. The highest BCUT2D eigenvalue weighted by molar-refractivity contribution is 6.04. The van der Waals surface area contributed by atoms with Gasteiger partial charge in [-0.1, -0.05) is 0 Å². The number of ketones is 1. The van der Waals surface area contributed by atoms with Gasteiger partial charge in [-0.15, -0.1) is 0 Å². The molecule has 0 saturated heterocycles. The van der Waals surface area contributed by atoms with E-state index in [-0.39, 0.29) is 17.6 Å². The zero-order valence-corrected chi connectivity index (χ0v) is 9.96. The van der Waals surface area contributed by atoms with Crippen molar-refractivity contribution in [1.29, 1.82) is 0 Å². The molecule has 0 atom stereocenters. The van der Waals surface area contributed by atoms with Crippen LogP contribution in [0.25, 0.3) is 0 Å². The zero-order valence-electron chi connectivity index (χ0n) is 9.96. The predicted octanol–water partition coefficient (Wildman–Crippen LogP) is 1.81. The van der Waals surface area contributed by atoms with Crippen LogP contribution >= 0.6 is 0 Å². The van der Waals surface area contributed by atoms with Gasteiger partial charge in [0, 0.05) is 25.1 Å². The Labute approximate surface area is 99.2 Å². The lowest BCUT2D eigenvalue weighted by Crippen LogP contribution is -2.11. The number of carbonyl (C=O) groups excluding carboxylic acids is 3. The van der Waals surface area contributed by atoms with Crippen LogP contribution in [0.4, 0.5) is 11.4 Å². The van der Waals surface area contributed by atoms with Crippen LogP contribution in [0.3, 0.4) is 0 Å². The quantitative estimate of drug-likeness (QED) is 0.783. The smallest absolute Gasteiger partial charge is 0.221 e. The van der Waals surface area contributed by atoms with E-state index in [0.29, 0.717) is 16.9 Å². The van der Waals surface area contributed by atoms with Gasteiger partial charge in [-0.3, -0.25) is 14.4 Å². The minimum atomic E-state index is -0.250. The Morgan fingerprint density at radius 3 is 2.00 bits per heavy atom. The molecule has 0 aliphatic rings. The van der Waals surface area contributed by atoms with E-state index in [4.69, 9.17) is 0 Å². The largest absolute Gasteiger partial charge is 0.326 e. The van der Waals surface area contributed by atoms with Gasteiger partial charge in [-0.2, -0.15) is 0 Å². The topological polar surface area (TPSA) is 75.3 Å². The van der Waals surface area contributed by atoms with Crippen LogP contribution in [-0.4, -0.2) is 17.6 Å². The number of Topliss-reactive ketones (excluding diaryl/α,β-unsaturated/α-hetero) is 1. The van der Waals surface area contributed by atoms with Crippen molar-refractivity contribution in [3.63, 3.8) is 0 Å². The molecular weight excluding hydrogens is 220 g/mol. The molecule has 5 heteroatoms. The summed E-state index contributed by atoms with van der Waals surface area (Å²) in [7, 11) is 0. The Morgan fingerprint density at radius 1 is 0.941 bits per heavy atom. The lowest BCUT2D eigenvalue weighted by Gasteiger charge is -2.10. The van der Waals surface area contributed by atoms with Gasteiger partial charge in [0.15, 0.2) is 5.78 Å². The normalized spacial score (nSPS) is 9.59. The Morgan fingerprint density at radius 2 is 1.53 bits per heavy atom. The van der Waals surface area contributed by atoms with Crippen molar-refractivity contribution in [3.8, 4) is 0 Å². The van der Waals surface area contributed by atoms with Crippen LogP contribution in [0.5, 0.6) is 0 Å². The molecule has 17 heavy (non-hydrogen) atoms. The molecule has 0 radical (unpaired) electrons. The monoisotopic (exact) mass is 234 g/mol. The molecule has 0 fully saturated rings. The van der Waals surface area contributed by atoms with Crippen molar-refractivity contribution < 1.29 is 14.4 Å². The van der Waals surface area contributed by atoms with Crippen molar-refractivity contribution in [3.05, 3.63) is 23.8 Å². The average Bonchev–Trinajstić information content (AvgIpc) is 2.18. The molecule has 2 N–H and O–H groups in total. The summed E-state index contributed by atoms with van der Waals surface area (Å²) in [6.45, 7) is 4.15. The zero-order chi connectivity index (χ0) is 13.0. The minimum Gasteiger partial charge on any atom is -0.326 e. The molecule has 2 amide bonds. The van der Waals surface area contributed by atoms with E-state index in [1.54, 1.807) is 12.1 Å². The van der Waals surface area contributed by atoms with Crippen LogP contribution in [0.15, 0.2) is 18.2 Å². The first-order chi connectivity index (χ1) is 7.90. The third-order valence-electron chi connectivity index (χ3n) is 2.03. The predicted molar refractivity (Wildman–Crippen MR) is 65.1 cm³/mol. The summed E-state index contributed by atoms with van der Waals surface area (Å²) in [5.74, 6) is -0.646. The number of hydrogen-bond acceptors (Lipinski definition) is 3. The molecule has 0 aliphatic carbocycles. The van der Waals surface area contributed by atoms with Gasteiger partial charge in [0.05, 0.1) is 5.69 Å². The molecule has 1 rings (SSSR count). The number of hydrogen-bond donors (Lipinski definition) is 2. The van der Waals surface area contributed by atoms with Crippen molar-refractivity contribution in [1.82, 2.24) is 0 Å². The third kappa shape index (κ3) is 3.71. The molecule has 0 unspecified atom stereocenters. The Bertz CT molecular complexity index is 481. The Kier molecular flexibility index (Phi) is 3.98. The standard InChI is InChI=1S/C12H14N2O3/c1-7(15)11-6-10(13-8(2)16)4-5-12(11)14-9(3)17/h4-6H,1-3H3,(H,13,16)(H,14,17). The third-order valence-corrected chi connectivity index (χ3v) is 2.03. The number of benzene rings is 1. The van der Waals surface area contributed by atoms with E-state index in [9.17, 15) is 14.4 Å². The fourth-order valence-corrected chi connectivity index (χ4v) is 1.42. The second-order valence-corrected chi connectivity index (χ2v) is 3.68. The van der Waals surface area contributed by atoms with Crippen LogP contribution in [0, 0.1) is 0 Å². The van der Waals surface area contributed by atoms with E-state index < -0.39 is 0 Å². The van der Waals surface area contributed by atoms with E-state index in [1.807, 2.05) is 0 Å². The van der Waals surface area contributed by atoms with E-state index in [2.05, 4.69) is 10.6 Å². The fraction of sp³-hybridized carbons (Fsp3) is 0.250. The van der Waals surface area contributed by atoms with Crippen LogP contribution in [0.1, 0.15) is 31.1 Å². The molecule has 0 aromatic heterocycles. The number of amides is 2. The van der Waals surface area contributed by atoms with Gasteiger partial charge < -0.3 is 10.6 Å². The van der Waals surface area contributed by atoms with Crippen molar-refractivity contribution in [2.75, 3.05) is 10.6 Å². The van der Waals surface area contributed by atoms with Gasteiger partial charge in [-0.05, 0) is 25.1 Å². The molecule has 0 aliphatic heterocycles. The summed E-state index contributed by atoms with van der Waals surface area (Å²) < 4.78 is 0. The summed E-state index contributed by atoms with van der Waals surface area (Å²) in [6.07, 6.45) is 0. The lowest BCUT2D eigenvalue weighted by molar-refractivity contribution is -0.115. The van der Waals surface area contributed by atoms with Gasteiger partial charge in [0.2, 0.25) is 11.8 Å². The molecule has 90 valence electrons. The van der Waals surface area contributed by atoms with E-state index in [1.165, 1.54) is 26.8 Å². The minimum absolute atomic E-state index is 0.180. The molecule has 1 aromatic carbocycles. The lowest BCUT2D eigenvalue weighted by atomic mass is 10.1. The SMILES string of the molecule is CC(=O)Nc1ccc(NC(C)=O)c(C(C)=O)c1. The summed E-state index contributed by atoms with van der Waals surface area (Å²) in [5, 5.41) is 5.14. The molecule has 0 spiro atoms. The van der Waals surface area contributed by atoms with Crippen LogP contribution in [-0.2, 0) is 9.59 Å².